The van der Waals surface area contributed by atoms with E-state index in [1.807, 2.05) is 32.6 Å². The average molecular weight is 255 g/mol. The van der Waals surface area contributed by atoms with E-state index in [1.165, 1.54) is 0 Å². The molecule has 1 aliphatic heterocycles. The van der Waals surface area contributed by atoms with Crippen LogP contribution in [-0.4, -0.2) is 52.3 Å². The van der Waals surface area contributed by atoms with Gasteiger partial charge in [-0.2, -0.15) is 0 Å². The van der Waals surface area contributed by atoms with Gasteiger partial charge in [-0.15, -0.1) is 0 Å². The van der Waals surface area contributed by atoms with E-state index in [2.05, 4.69) is 0 Å². The topological polar surface area (TPSA) is 66.6 Å². The van der Waals surface area contributed by atoms with Gasteiger partial charge in [-0.3, -0.25) is 9.59 Å². The predicted molar refractivity (Wildman–Crippen MR) is 70.9 cm³/mol. The highest BCUT2D eigenvalue weighted by Crippen LogP contribution is 2.24. The second kappa shape index (κ2) is 5.26. The fourth-order valence-corrected chi connectivity index (χ4v) is 2.74. The number of piperazine rings is 1. The first-order chi connectivity index (χ1) is 8.15. The number of hydrogen-bond donors (Lipinski definition) is 1. The maximum atomic E-state index is 12.2. The summed E-state index contributed by atoms with van der Waals surface area (Å²) in [5.74, 6) is -0.0193. The van der Waals surface area contributed by atoms with Crippen LogP contribution in [0.3, 0.4) is 0 Å². The molecule has 18 heavy (non-hydrogen) atoms. The Morgan fingerprint density at radius 2 is 1.94 bits per heavy atom. The molecule has 2 amide bonds. The van der Waals surface area contributed by atoms with Gasteiger partial charge in [0.2, 0.25) is 11.8 Å². The summed E-state index contributed by atoms with van der Waals surface area (Å²) in [6, 6.07) is -0.0166. The third-order valence-electron chi connectivity index (χ3n) is 3.19. The predicted octanol–water partition coefficient (Wildman–Crippen LogP) is 0.582. The highest BCUT2D eigenvalue weighted by molar-refractivity contribution is 5.87. The monoisotopic (exact) mass is 255 g/mol. The van der Waals surface area contributed by atoms with Crippen LogP contribution in [0.5, 0.6) is 0 Å². The van der Waals surface area contributed by atoms with Crippen molar-refractivity contribution in [2.24, 2.45) is 5.73 Å². The van der Waals surface area contributed by atoms with E-state index in [-0.39, 0.29) is 36.0 Å². The first-order valence-electron chi connectivity index (χ1n) is 6.50. The van der Waals surface area contributed by atoms with Crippen molar-refractivity contribution in [3.05, 3.63) is 0 Å². The molecule has 0 aromatic heterocycles. The molecule has 1 unspecified atom stereocenters. The van der Waals surface area contributed by atoms with Crippen LogP contribution in [0.1, 0.15) is 41.0 Å². The summed E-state index contributed by atoms with van der Waals surface area (Å²) in [7, 11) is 0. The summed E-state index contributed by atoms with van der Waals surface area (Å²) < 4.78 is 0. The van der Waals surface area contributed by atoms with Gasteiger partial charge in [-0.25, -0.2) is 0 Å². The Morgan fingerprint density at radius 1 is 1.39 bits per heavy atom. The van der Waals surface area contributed by atoms with Crippen molar-refractivity contribution < 1.29 is 9.59 Å². The molecule has 104 valence electrons. The maximum Gasteiger partial charge on any atom is 0.242 e. The molecule has 0 aliphatic carbocycles. The van der Waals surface area contributed by atoms with Crippen molar-refractivity contribution in [3.63, 3.8) is 0 Å². The van der Waals surface area contributed by atoms with E-state index in [4.69, 9.17) is 5.73 Å². The zero-order valence-electron chi connectivity index (χ0n) is 12.1. The minimum Gasteiger partial charge on any atom is -0.332 e. The molecule has 0 aromatic carbocycles. The van der Waals surface area contributed by atoms with Crippen molar-refractivity contribution in [2.75, 3.05) is 13.1 Å². The van der Waals surface area contributed by atoms with E-state index < -0.39 is 0 Å². The lowest BCUT2D eigenvalue weighted by Gasteiger charge is -2.49. The third-order valence-corrected chi connectivity index (χ3v) is 3.19. The number of rotatable bonds is 3. The lowest BCUT2D eigenvalue weighted by molar-refractivity contribution is -0.155. The molecular weight excluding hydrogens is 230 g/mol. The third kappa shape index (κ3) is 3.22. The molecule has 0 bridgehead atoms. The van der Waals surface area contributed by atoms with Gasteiger partial charge in [0.15, 0.2) is 0 Å². The minimum absolute atomic E-state index is 0.0132. The first-order valence-corrected chi connectivity index (χ1v) is 6.50. The number of carbonyl (C=O) groups excluding carboxylic acids is 2. The second-order valence-corrected chi connectivity index (χ2v) is 6.10. The first kappa shape index (κ1) is 15.0. The number of nitrogens with zero attached hydrogens (tertiary/aromatic N) is 2. The Bertz CT molecular complexity index is 337. The second-order valence-electron chi connectivity index (χ2n) is 6.10. The molecule has 0 spiro atoms. The van der Waals surface area contributed by atoms with E-state index in [0.29, 0.717) is 13.0 Å². The normalized spacial score (nSPS) is 21.4. The summed E-state index contributed by atoms with van der Waals surface area (Å²) in [6.45, 7) is 10.5. The van der Waals surface area contributed by atoms with Gasteiger partial charge >= 0.3 is 0 Å². The SMILES string of the molecule is CC(N)CC(=O)N1CC(=O)N(C(C)C)C(C)(C)C1. The standard InChI is InChI=1S/C13H25N3O2/c1-9(2)16-12(18)7-15(8-13(16,4)5)11(17)6-10(3)14/h9-10H,6-8,14H2,1-5H3. The van der Waals surface area contributed by atoms with Gasteiger partial charge in [0.25, 0.3) is 0 Å². The van der Waals surface area contributed by atoms with Gasteiger partial charge in [0.1, 0.15) is 0 Å². The Labute approximate surface area is 109 Å². The molecule has 5 nitrogen and oxygen atoms in total. The van der Waals surface area contributed by atoms with Crippen LogP contribution in [0.2, 0.25) is 0 Å². The average Bonchev–Trinajstić information content (AvgIpc) is 2.12. The van der Waals surface area contributed by atoms with Gasteiger partial charge < -0.3 is 15.5 Å². The summed E-state index contributed by atoms with van der Waals surface area (Å²) in [5.41, 5.74) is 5.31. The molecular formula is C13H25N3O2. The van der Waals surface area contributed by atoms with Gasteiger partial charge in [-0.05, 0) is 34.6 Å². The van der Waals surface area contributed by atoms with Crippen molar-refractivity contribution >= 4 is 11.8 Å². The molecule has 1 aliphatic rings. The highest BCUT2D eigenvalue weighted by atomic mass is 16.2. The molecule has 2 N–H and O–H groups in total. The van der Waals surface area contributed by atoms with E-state index in [1.54, 1.807) is 11.8 Å². The molecule has 1 heterocycles. The maximum absolute atomic E-state index is 12.2. The largest absolute Gasteiger partial charge is 0.332 e. The molecule has 0 radical (unpaired) electrons. The van der Waals surface area contributed by atoms with Crippen molar-refractivity contribution in [2.45, 2.75) is 58.7 Å². The van der Waals surface area contributed by atoms with Crippen molar-refractivity contribution in [1.29, 1.82) is 0 Å². The number of amides is 2. The highest BCUT2D eigenvalue weighted by Gasteiger charge is 2.41. The summed E-state index contributed by atoms with van der Waals surface area (Å²) in [5, 5.41) is 0. The van der Waals surface area contributed by atoms with Crippen molar-refractivity contribution in [3.8, 4) is 0 Å². The Morgan fingerprint density at radius 3 is 2.33 bits per heavy atom. The van der Waals surface area contributed by atoms with Crippen LogP contribution in [0.25, 0.3) is 0 Å². The van der Waals surface area contributed by atoms with Crippen LogP contribution >= 0.6 is 0 Å². The molecule has 1 rings (SSSR count). The zero-order valence-corrected chi connectivity index (χ0v) is 12.1. The molecule has 1 saturated heterocycles. The Hall–Kier alpha value is -1.10. The van der Waals surface area contributed by atoms with E-state index in [9.17, 15) is 9.59 Å². The Kier molecular flexibility index (Phi) is 4.37. The minimum atomic E-state index is -0.322. The van der Waals surface area contributed by atoms with Gasteiger partial charge in [0, 0.05) is 25.0 Å². The fourth-order valence-electron chi connectivity index (χ4n) is 2.74. The molecule has 5 heteroatoms. The van der Waals surface area contributed by atoms with Crippen LogP contribution in [-0.2, 0) is 9.59 Å². The molecule has 0 aromatic rings. The lowest BCUT2D eigenvalue weighted by Crippen LogP contribution is -2.65. The number of carbonyl (C=O) groups is 2. The van der Waals surface area contributed by atoms with E-state index in [0.717, 1.165) is 0 Å². The smallest absolute Gasteiger partial charge is 0.242 e. The van der Waals surface area contributed by atoms with E-state index >= 15 is 0 Å². The van der Waals surface area contributed by atoms with Gasteiger partial charge in [0.05, 0.1) is 12.1 Å². The summed E-state index contributed by atoms with van der Waals surface area (Å²) in [4.78, 5) is 27.6. The van der Waals surface area contributed by atoms with Crippen LogP contribution in [0.15, 0.2) is 0 Å². The molecule has 0 saturated carbocycles. The number of hydrogen-bond acceptors (Lipinski definition) is 3. The van der Waals surface area contributed by atoms with Crippen molar-refractivity contribution in [1.82, 2.24) is 9.80 Å². The number of nitrogens with two attached hydrogens (primary N) is 1. The zero-order chi connectivity index (χ0) is 14.1. The van der Waals surface area contributed by atoms with Crippen LogP contribution < -0.4 is 5.73 Å². The molecule has 1 atom stereocenters. The molecule has 1 fully saturated rings. The lowest BCUT2D eigenvalue weighted by atomic mass is 9.96. The van der Waals surface area contributed by atoms with Gasteiger partial charge in [-0.1, -0.05) is 0 Å². The fraction of sp³-hybridized carbons (Fsp3) is 0.846. The van der Waals surface area contributed by atoms with Crippen LogP contribution in [0, 0.1) is 0 Å². The Balaban J connectivity index is 2.81. The summed E-state index contributed by atoms with van der Waals surface area (Å²) >= 11 is 0. The summed E-state index contributed by atoms with van der Waals surface area (Å²) in [6.07, 6.45) is 0.297. The quantitative estimate of drug-likeness (QED) is 0.802. The van der Waals surface area contributed by atoms with Crippen LogP contribution in [0.4, 0.5) is 0 Å².